The molecule has 1 rings (SSSR count). The summed E-state index contributed by atoms with van der Waals surface area (Å²) in [5.41, 5.74) is -0.345. The Balaban J connectivity index is -0.000000159. The van der Waals surface area contributed by atoms with Gasteiger partial charge in [0, 0.05) is 94.3 Å². The molecular weight excluding hydrogens is 762 g/mol. The molecule has 1 aliphatic carbocycles. The van der Waals surface area contributed by atoms with E-state index in [-0.39, 0.29) is 86.0 Å². The second kappa shape index (κ2) is 21.3. The second-order valence-corrected chi connectivity index (χ2v) is 3.63. The van der Waals surface area contributed by atoms with Crippen LogP contribution in [0.2, 0.25) is 0 Å². The van der Waals surface area contributed by atoms with Crippen molar-refractivity contribution in [3.05, 3.63) is 36.8 Å². The Morgan fingerprint density at radius 1 is 1.15 bits per heavy atom. The molecule has 0 aromatic heterocycles. The first kappa shape index (κ1) is 33.6. The minimum Gasteiger partial charge on any atom is -0.544 e. The number of nitrogens with zero attached hydrogens (tertiary/aromatic N) is 4. The zero-order valence-corrected chi connectivity index (χ0v) is 22.7. The molecule has 0 bridgehead atoms. The average molecular weight is 777 g/mol. The molecule has 1 aliphatic rings. The number of ketones is 2. The summed E-state index contributed by atoms with van der Waals surface area (Å²) < 4.78 is 0. The zero-order chi connectivity index (χ0) is 19.1. The maximum atomic E-state index is 10.8. The molecule has 0 aromatic rings. The van der Waals surface area contributed by atoms with Crippen LogP contribution in [0.1, 0.15) is 12.8 Å². The molecule has 1 radical (unpaired) electrons. The molecule has 0 aliphatic heterocycles. The van der Waals surface area contributed by atoms with Gasteiger partial charge in [0.1, 0.15) is 18.4 Å². The summed E-state index contributed by atoms with van der Waals surface area (Å²) in [7, 11) is 0. The summed E-state index contributed by atoms with van der Waals surface area (Å²) in [5.74, 6) is -1.44. The van der Waals surface area contributed by atoms with Gasteiger partial charge < -0.3 is 15.0 Å². The van der Waals surface area contributed by atoms with Crippen molar-refractivity contribution in [2.24, 2.45) is 20.5 Å². The Hall–Kier alpha value is -0.00610. The summed E-state index contributed by atoms with van der Waals surface area (Å²) in [6.45, 7) is 6.05. The van der Waals surface area contributed by atoms with Gasteiger partial charge in [-0.3, -0.25) is 15.6 Å². The van der Waals surface area contributed by atoms with Crippen LogP contribution in [-0.4, -0.2) is 34.5 Å². The maximum Gasteiger partial charge on any atom is 0.186 e. The molecular formula is C12H15I3N6O4Y-2. The number of allylic oxidation sites excluding steroid dienone is 4. The number of azo groups is 2. The van der Waals surface area contributed by atoms with Crippen molar-refractivity contribution < 1.29 is 52.5 Å². The van der Waals surface area contributed by atoms with Gasteiger partial charge in [-0.05, 0) is 5.76 Å². The van der Waals surface area contributed by atoms with Crippen molar-refractivity contribution >= 4 is 85.5 Å². The van der Waals surface area contributed by atoms with E-state index in [9.17, 15) is 9.59 Å². The fourth-order valence-electron chi connectivity index (χ4n) is 1.19. The molecule has 0 aromatic carbocycles. The van der Waals surface area contributed by atoms with Crippen molar-refractivity contribution in [1.29, 1.82) is 10.8 Å². The van der Waals surface area contributed by atoms with Gasteiger partial charge in [0.2, 0.25) is 0 Å². The molecule has 0 atom stereocenters. The topological polar surface area (TPSA) is 172 Å². The molecule has 0 saturated carbocycles. The van der Waals surface area contributed by atoms with Gasteiger partial charge in [-0.1, -0.05) is 0 Å². The molecule has 14 heteroatoms. The quantitative estimate of drug-likeness (QED) is 0.0608. The fraction of sp³-hybridized carbons (Fsp3) is 0.167. The van der Waals surface area contributed by atoms with Crippen LogP contribution >= 0.6 is 61.2 Å². The second-order valence-electron chi connectivity index (χ2n) is 3.63. The number of carbonyl (C=O) groups excluding carboxylic acids is 2. The van der Waals surface area contributed by atoms with Crippen LogP contribution in [0.15, 0.2) is 43.4 Å². The van der Waals surface area contributed by atoms with Crippen LogP contribution in [0.3, 0.4) is 0 Å². The average Bonchev–Trinajstić information content (AvgIpc) is 2.86. The monoisotopic (exact) mass is 777 g/mol. The summed E-state index contributed by atoms with van der Waals surface area (Å²) in [4.78, 5) is 21.3. The Morgan fingerprint density at radius 2 is 1.65 bits per heavy atom. The largest absolute Gasteiger partial charge is 0.544 e. The third kappa shape index (κ3) is 15.1. The predicted octanol–water partition coefficient (Wildman–Crippen LogP) is 4.62. The fourth-order valence-corrected chi connectivity index (χ4v) is 1.19. The molecule has 0 fully saturated rings. The minimum absolute atomic E-state index is 0. The normalized spacial score (nSPS) is 13.4. The molecule has 26 heavy (non-hydrogen) atoms. The predicted molar refractivity (Wildman–Crippen MR) is 120 cm³/mol. The van der Waals surface area contributed by atoms with Gasteiger partial charge >= 0.3 is 0 Å². The van der Waals surface area contributed by atoms with E-state index in [1.165, 1.54) is 0 Å². The Labute approximate surface area is 216 Å². The van der Waals surface area contributed by atoms with E-state index in [4.69, 9.17) is 21.0 Å². The van der Waals surface area contributed by atoms with E-state index >= 15 is 0 Å². The third-order valence-electron chi connectivity index (χ3n) is 2.09. The van der Waals surface area contributed by atoms with Gasteiger partial charge in [0.15, 0.2) is 11.5 Å². The van der Waals surface area contributed by atoms with Crippen LogP contribution < -0.4 is 0 Å². The Bertz CT molecular complexity index is 588. The number of rotatable bonds is 5. The SMILES string of the molecule is I.II.N=CN=NC1=C(O)CCC1=O.[CH2-]C(=O)C(N=NC=N)=C([CH2-])O.[Y]. The molecule has 4 N–H and O–H groups in total. The first-order valence-corrected chi connectivity index (χ1v) is 12.1. The maximum absolute atomic E-state index is 10.8. The summed E-state index contributed by atoms with van der Waals surface area (Å²) in [5, 5.41) is 43.4. The first-order chi connectivity index (χ1) is 11.3. The number of hydrogen-bond acceptors (Lipinski definition) is 8. The van der Waals surface area contributed by atoms with Crippen LogP contribution in [0.5, 0.6) is 0 Å². The number of aliphatic hydroxyl groups is 2. The molecule has 10 nitrogen and oxygen atoms in total. The molecule has 0 amide bonds. The Kier molecular flexibility index (Phi) is 27.5. The van der Waals surface area contributed by atoms with Crippen LogP contribution in [0, 0.1) is 24.7 Å². The number of halogens is 3. The van der Waals surface area contributed by atoms with Gasteiger partial charge in [-0.25, -0.2) is 12.0 Å². The van der Waals surface area contributed by atoms with Crippen molar-refractivity contribution in [2.45, 2.75) is 12.8 Å². The standard InChI is InChI=1S/2C6H7N3O2.I2.HI.Y/c7-3-8-9-6-4(10)1-2-5(6)11;1-4(10)6(5(2)11)9-8-3-7;1-2;;/h2*3,7,10H,1-2H2;;1H;/q;-2;;;. The van der Waals surface area contributed by atoms with E-state index < -0.39 is 11.5 Å². The Morgan fingerprint density at radius 3 is 1.96 bits per heavy atom. The number of aliphatic hydroxyl groups excluding tert-OH is 2. The molecule has 143 valence electrons. The van der Waals surface area contributed by atoms with Gasteiger partial charge in [-0.15, -0.1) is 34.2 Å². The summed E-state index contributed by atoms with van der Waals surface area (Å²) in [6.07, 6.45) is 1.97. The molecule has 0 heterocycles. The minimum atomic E-state index is -0.692. The van der Waals surface area contributed by atoms with Crippen LogP contribution in [0.25, 0.3) is 0 Å². The first-order valence-electron chi connectivity index (χ1n) is 5.85. The third-order valence-corrected chi connectivity index (χ3v) is 2.09. The van der Waals surface area contributed by atoms with E-state index in [2.05, 4.69) is 71.5 Å². The smallest absolute Gasteiger partial charge is 0.186 e. The number of hydrogen-bond donors (Lipinski definition) is 4. The van der Waals surface area contributed by atoms with Crippen molar-refractivity contribution in [3.63, 3.8) is 0 Å². The molecule has 0 spiro atoms. The van der Waals surface area contributed by atoms with Crippen LogP contribution in [-0.2, 0) is 42.3 Å². The van der Waals surface area contributed by atoms with E-state index in [1.54, 1.807) is 0 Å². The van der Waals surface area contributed by atoms with Gasteiger partial charge in [0.25, 0.3) is 0 Å². The van der Waals surface area contributed by atoms with E-state index in [0.29, 0.717) is 19.1 Å². The molecule has 0 saturated heterocycles. The van der Waals surface area contributed by atoms with Crippen molar-refractivity contribution in [1.82, 2.24) is 0 Å². The number of Topliss-reactive ketones (excluding diaryl/α,β-unsaturated/α-hetero) is 2. The summed E-state index contributed by atoms with van der Waals surface area (Å²) in [6, 6.07) is 0. The van der Waals surface area contributed by atoms with Crippen molar-refractivity contribution in [2.75, 3.05) is 0 Å². The van der Waals surface area contributed by atoms with E-state index in [1.807, 2.05) is 0 Å². The van der Waals surface area contributed by atoms with Gasteiger partial charge in [0.05, 0.1) is 0 Å². The van der Waals surface area contributed by atoms with Crippen LogP contribution in [0.4, 0.5) is 0 Å². The summed E-state index contributed by atoms with van der Waals surface area (Å²) >= 11 is 4.24. The zero-order valence-electron chi connectivity index (χ0n) is 13.2. The van der Waals surface area contributed by atoms with Gasteiger partial charge in [-0.2, -0.15) is 12.0 Å². The number of nitrogens with one attached hydrogen (secondary N) is 2. The number of carbonyl (C=O) groups is 2. The van der Waals surface area contributed by atoms with Crippen molar-refractivity contribution in [3.8, 4) is 0 Å². The molecule has 0 unspecified atom stereocenters. The van der Waals surface area contributed by atoms with E-state index in [0.717, 1.165) is 0 Å².